The molecule has 0 bridgehead atoms. The van der Waals surface area contributed by atoms with Gasteiger partial charge in [0.1, 0.15) is 0 Å². The monoisotopic (exact) mass is 222 g/mol. The zero-order chi connectivity index (χ0) is 10.6. The maximum absolute atomic E-state index is 10.6. The van der Waals surface area contributed by atoms with Crippen molar-refractivity contribution in [1.82, 2.24) is 10.2 Å². The van der Waals surface area contributed by atoms with Crippen LogP contribution in [0.4, 0.5) is 0 Å². The molecular formula is C8H18N2O3S. The van der Waals surface area contributed by atoms with Gasteiger partial charge in [0.05, 0.1) is 5.75 Å². The Morgan fingerprint density at radius 1 is 1.57 bits per heavy atom. The highest BCUT2D eigenvalue weighted by Gasteiger charge is 2.21. The Morgan fingerprint density at radius 3 is 2.86 bits per heavy atom. The van der Waals surface area contributed by atoms with Crippen LogP contribution in [-0.4, -0.2) is 55.8 Å². The zero-order valence-electron chi connectivity index (χ0n) is 8.44. The minimum atomic E-state index is -3.81. The molecule has 0 amide bonds. The summed E-state index contributed by atoms with van der Waals surface area (Å²) in [5, 5.41) is 3.22. The third kappa shape index (κ3) is 3.91. The first-order valence-corrected chi connectivity index (χ1v) is 6.54. The van der Waals surface area contributed by atoms with Crippen LogP contribution >= 0.6 is 0 Å². The lowest BCUT2D eigenvalue weighted by Crippen LogP contribution is -2.51. The lowest BCUT2D eigenvalue weighted by Gasteiger charge is -2.35. The Morgan fingerprint density at radius 2 is 2.29 bits per heavy atom. The standard InChI is InChI=1S/C8H18N2O3S/c1-2-10-5-4-9-7-8(10)3-6-14(11,12)13/h8-9H,2-7H2,1H3,(H,11,12,13). The van der Waals surface area contributed by atoms with E-state index in [4.69, 9.17) is 4.55 Å². The maximum Gasteiger partial charge on any atom is 0.264 e. The minimum Gasteiger partial charge on any atom is -0.314 e. The summed E-state index contributed by atoms with van der Waals surface area (Å²) in [6.07, 6.45) is 0.500. The first-order valence-electron chi connectivity index (χ1n) is 4.93. The second-order valence-electron chi connectivity index (χ2n) is 3.56. The van der Waals surface area contributed by atoms with Gasteiger partial charge in [-0.3, -0.25) is 9.45 Å². The Balaban J connectivity index is 2.41. The van der Waals surface area contributed by atoms with Crippen molar-refractivity contribution in [1.29, 1.82) is 0 Å². The second-order valence-corrected chi connectivity index (χ2v) is 5.13. The number of hydrogen-bond acceptors (Lipinski definition) is 4. The van der Waals surface area contributed by atoms with Gasteiger partial charge in [0.2, 0.25) is 0 Å². The van der Waals surface area contributed by atoms with E-state index in [1.165, 1.54) is 0 Å². The summed E-state index contributed by atoms with van der Waals surface area (Å²) in [6, 6.07) is 0.232. The number of likely N-dealkylation sites (N-methyl/N-ethyl adjacent to an activating group) is 1. The number of nitrogens with one attached hydrogen (secondary N) is 1. The minimum absolute atomic E-state index is 0.143. The summed E-state index contributed by atoms with van der Waals surface area (Å²) in [5.41, 5.74) is 0. The van der Waals surface area contributed by atoms with Gasteiger partial charge in [-0.1, -0.05) is 6.92 Å². The summed E-state index contributed by atoms with van der Waals surface area (Å²) < 4.78 is 29.8. The fourth-order valence-electron chi connectivity index (χ4n) is 1.79. The summed E-state index contributed by atoms with van der Waals surface area (Å²) in [6.45, 7) is 5.70. The van der Waals surface area contributed by atoms with Crippen molar-refractivity contribution in [3.05, 3.63) is 0 Å². The molecule has 5 nitrogen and oxygen atoms in total. The highest BCUT2D eigenvalue weighted by molar-refractivity contribution is 7.85. The molecule has 84 valence electrons. The molecule has 1 unspecified atom stereocenters. The first-order chi connectivity index (χ1) is 6.53. The normalized spacial score (nSPS) is 25.1. The van der Waals surface area contributed by atoms with Crippen LogP contribution < -0.4 is 5.32 Å². The molecule has 0 aromatic heterocycles. The number of hydrogen-bond donors (Lipinski definition) is 2. The van der Waals surface area contributed by atoms with Gasteiger partial charge in [0.15, 0.2) is 0 Å². The highest BCUT2D eigenvalue weighted by Crippen LogP contribution is 2.07. The Kier molecular flexibility index (Phi) is 4.31. The van der Waals surface area contributed by atoms with Crippen molar-refractivity contribution < 1.29 is 13.0 Å². The van der Waals surface area contributed by atoms with Crippen molar-refractivity contribution >= 4 is 10.1 Å². The van der Waals surface area contributed by atoms with E-state index in [9.17, 15) is 8.42 Å². The van der Waals surface area contributed by atoms with Gasteiger partial charge in [-0.05, 0) is 13.0 Å². The van der Waals surface area contributed by atoms with Crippen LogP contribution in [0, 0.1) is 0 Å². The molecule has 14 heavy (non-hydrogen) atoms. The molecule has 1 aliphatic heterocycles. The maximum atomic E-state index is 10.6. The summed E-state index contributed by atoms with van der Waals surface area (Å²) >= 11 is 0. The second kappa shape index (κ2) is 5.06. The molecular weight excluding hydrogens is 204 g/mol. The molecule has 0 radical (unpaired) electrons. The fraction of sp³-hybridized carbons (Fsp3) is 1.00. The summed E-state index contributed by atoms with van der Waals surface area (Å²) in [4.78, 5) is 2.24. The van der Waals surface area contributed by atoms with Crippen molar-refractivity contribution in [3.63, 3.8) is 0 Å². The molecule has 0 aliphatic carbocycles. The van der Waals surface area contributed by atoms with Crippen LogP contribution in [0.15, 0.2) is 0 Å². The lowest BCUT2D eigenvalue weighted by atomic mass is 10.1. The van der Waals surface area contributed by atoms with Gasteiger partial charge in [0, 0.05) is 25.7 Å². The zero-order valence-corrected chi connectivity index (χ0v) is 9.26. The average Bonchev–Trinajstić information content (AvgIpc) is 2.14. The summed E-state index contributed by atoms with van der Waals surface area (Å²) in [5.74, 6) is -0.143. The van der Waals surface area contributed by atoms with E-state index < -0.39 is 10.1 Å². The largest absolute Gasteiger partial charge is 0.314 e. The van der Waals surface area contributed by atoms with E-state index >= 15 is 0 Å². The molecule has 2 N–H and O–H groups in total. The predicted octanol–water partition coefficient (Wildman–Crippen LogP) is -0.442. The third-order valence-corrected chi connectivity index (χ3v) is 3.34. The molecule has 1 rings (SSSR count). The number of piperazine rings is 1. The molecule has 1 saturated heterocycles. The van der Waals surface area contributed by atoms with Crippen LogP contribution in [0.25, 0.3) is 0 Å². The van der Waals surface area contributed by atoms with E-state index in [2.05, 4.69) is 17.1 Å². The number of rotatable bonds is 4. The average molecular weight is 222 g/mol. The van der Waals surface area contributed by atoms with E-state index in [1.807, 2.05) is 0 Å². The molecule has 1 aliphatic rings. The van der Waals surface area contributed by atoms with Crippen LogP contribution in [0.5, 0.6) is 0 Å². The van der Waals surface area contributed by atoms with E-state index in [1.54, 1.807) is 0 Å². The van der Waals surface area contributed by atoms with Crippen molar-refractivity contribution in [2.75, 3.05) is 31.9 Å². The third-order valence-electron chi connectivity index (χ3n) is 2.59. The van der Waals surface area contributed by atoms with Gasteiger partial charge >= 0.3 is 0 Å². The van der Waals surface area contributed by atoms with Gasteiger partial charge in [0.25, 0.3) is 10.1 Å². The SMILES string of the molecule is CCN1CCNCC1CCS(=O)(=O)O. The first kappa shape index (κ1) is 11.9. The molecule has 0 aromatic carbocycles. The van der Waals surface area contributed by atoms with Crippen molar-refractivity contribution in [2.24, 2.45) is 0 Å². The number of nitrogens with zero attached hydrogens (tertiary/aromatic N) is 1. The van der Waals surface area contributed by atoms with Crippen molar-refractivity contribution in [3.8, 4) is 0 Å². The van der Waals surface area contributed by atoms with E-state index in [-0.39, 0.29) is 11.8 Å². The molecule has 1 heterocycles. The van der Waals surface area contributed by atoms with Crippen LogP contribution in [0.3, 0.4) is 0 Å². The predicted molar refractivity (Wildman–Crippen MR) is 54.9 cm³/mol. The van der Waals surface area contributed by atoms with Gasteiger partial charge in [-0.25, -0.2) is 0 Å². The Bertz CT molecular complexity index is 266. The fourth-order valence-corrected chi connectivity index (χ4v) is 2.36. The molecule has 0 aromatic rings. The molecule has 0 spiro atoms. The van der Waals surface area contributed by atoms with Crippen LogP contribution in [0.2, 0.25) is 0 Å². The van der Waals surface area contributed by atoms with Crippen LogP contribution in [0.1, 0.15) is 13.3 Å². The molecule has 0 saturated carbocycles. The summed E-state index contributed by atoms with van der Waals surface area (Å²) in [7, 11) is -3.81. The highest BCUT2D eigenvalue weighted by atomic mass is 32.2. The van der Waals surface area contributed by atoms with E-state index in [0.717, 1.165) is 26.2 Å². The molecule has 6 heteroatoms. The quantitative estimate of drug-likeness (QED) is 0.631. The van der Waals surface area contributed by atoms with Gasteiger partial charge in [-0.2, -0.15) is 8.42 Å². The molecule has 1 atom stereocenters. The smallest absolute Gasteiger partial charge is 0.264 e. The molecule has 1 fully saturated rings. The van der Waals surface area contributed by atoms with Gasteiger partial charge in [-0.15, -0.1) is 0 Å². The van der Waals surface area contributed by atoms with Crippen LogP contribution in [-0.2, 0) is 10.1 Å². The Labute approximate surface area is 85.2 Å². The lowest BCUT2D eigenvalue weighted by molar-refractivity contribution is 0.165. The topological polar surface area (TPSA) is 69.6 Å². The van der Waals surface area contributed by atoms with Crippen molar-refractivity contribution in [2.45, 2.75) is 19.4 Å². The van der Waals surface area contributed by atoms with E-state index in [0.29, 0.717) is 6.42 Å². The van der Waals surface area contributed by atoms with Gasteiger partial charge < -0.3 is 5.32 Å². The Hall–Kier alpha value is -0.170.